The molecule has 3 aromatic carbocycles. The lowest BCUT2D eigenvalue weighted by atomic mass is 9.77. The van der Waals surface area contributed by atoms with E-state index in [1.807, 2.05) is 58.0 Å². The molecule has 1 heterocycles. The minimum Gasteiger partial charge on any atom is -0.449 e. The highest BCUT2D eigenvalue weighted by molar-refractivity contribution is 6.56. The zero-order valence-corrected chi connectivity index (χ0v) is 22.5. The van der Waals surface area contributed by atoms with E-state index in [0.29, 0.717) is 11.0 Å². The Labute approximate surface area is 224 Å². The first-order valence-corrected chi connectivity index (χ1v) is 13.0. The standard InChI is InChI=1S/C31H33BFNO4/c1-20-16-21(14-15-28(20)33)17-22(32-37-30(2,3)31(4,5)38-32)18-34-29(35)36-19-27-25-12-8-6-10-23(25)24-11-7-9-13-26(24)27/h6-17,27H,18-19H2,1-5H3,(H,34,35). The summed E-state index contributed by atoms with van der Waals surface area (Å²) in [6.07, 6.45) is 1.35. The lowest BCUT2D eigenvalue weighted by Gasteiger charge is -2.32. The minimum absolute atomic E-state index is 0.0200. The van der Waals surface area contributed by atoms with Crippen molar-refractivity contribution in [1.29, 1.82) is 0 Å². The van der Waals surface area contributed by atoms with Gasteiger partial charge in [-0.05, 0) is 85.6 Å². The second kappa shape index (κ2) is 10.0. The van der Waals surface area contributed by atoms with Crippen LogP contribution in [0.15, 0.2) is 72.2 Å². The summed E-state index contributed by atoms with van der Waals surface area (Å²) >= 11 is 0. The summed E-state index contributed by atoms with van der Waals surface area (Å²) in [5.41, 5.74) is 5.63. The van der Waals surface area contributed by atoms with Crippen molar-refractivity contribution in [2.24, 2.45) is 0 Å². The van der Waals surface area contributed by atoms with Crippen LogP contribution in [-0.4, -0.2) is 37.6 Å². The van der Waals surface area contributed by atoms with Gasteiger partial charge in [0.1, 0.15) is 12.4 Å². The van der Waals surface area contributed by atoms with Crippen molar-refractivity contribution in [3.63, 3.8) is 0 Å². The fourth-order valence-corrected chi connectivity index (χ4v) is 4.99. The molecule has 1 fully saturated rings. The maximum Gasteiger partial charge on any atom is 0.492 e. The van der Waals surface area contributed by atoms with E-state index in [-0.39, 0.29) is 24.9 Å². The molecule has 3 aromatic rings. The van der Waals surface area contributed by atoms with Crippen LogP contribution in [0.25, 0.3) is 17.2 Å². The van der Waals surface area contributed by atoms with Gasteiger partial charge in [0.15, 0.2) is 0 Å². The topological polar surface area (TPSA) is 56.8 Å². The Morgan fingerprint density at radius 1 is 0.974 bits per heavy atom. The van der Waals surface area contributed by atoms with Crippen LogP contribution < -0.4 is 5.32 Å². The van der Waals surface area contributed by atoms with Crippen LogP contribution in [0, 0.1) is 12.7 Å². The van der Waals surface area contributed by atoms with Crippen molar-refractivity contribution in [2.45, 2.75) is 51.7 Å². The molecule has 196 valence electrons. The molecule has 0 radical (unpaired) electrons. The van der Waals surface area contributed by atoms with E-state index in [1.54, 1.807) is 19.1 Å². The first-order chi connectivity index (χ1) is 18.1. The second-order valence-electron chi connectivity index (χ2n) is 11.0. The third kappa shape index (κ3) is 5.01. The Morgan fingerprint density at radius 2 is 1.55 bits per heavy atom. The molecule has 5 rings (SSSR count). The Kier molecular flexibility index (Phi) is 6.93. The molecule has 1 aliphatic carbocycles. The molecule has 7 heteroatoms. The van der Waals surface area contributed by atoms with Crippen LogP contribution in [0.4, 0.5) is 9.18 Å². The molecule has 1 amide bonds. The highest BCUT2D eigenvalue weighted by atomic mass is 19.1. The van der Waals surface area contributed by atoms with Gasteiger partial charge in [-0.2, -0.15) is 0 Å². The predicted octanol–water partition coefficient (Wildman–Crippen LogP) is 6.69. The minimum atomic E-state index is -0.667. The van der Waals surface area contributed by atoms with Gasteiger partial charge in [-0.25, -0.2) is 9.18 Å². The van der Waals surface area contributed by atoms with E-state index in [9.17, 15) is 9.18 Å². The zero-order valence-electron chi connectivity index (χ0n) is 22.5. The van der Waals surface area contributed by atoms with Crippen molar-refractivity contribution >= 4 is 19.3 Å². The van der Waals surface area contributed by atoms with Gasteiger partial charge in [0.2, 0.25) is 0 Å². The molecule has 1 saturated heterocycles. The fraction of sp³-hybridized carbons (Fsp3) is 0.323. The number of carbonyl (C=O) groups is 1. The van der Waals surface area contributed by atoms with Crippen LogP contribution in [0.1, 0.15) is 55.9 Å². The van der Waals surface area contributed by atoms with Gasteiger partial charge >= 0.3 is 13.2 Å². The van der Waals surface area contributed by atoms with Crippen LogP contribution in [0.2, 0.25) is 0 Å². The zero-order chi connectivity index (χ0) is 27.1. The van der Waals surface area contributed by atoms with E-state index in [4.69, 9.17) is 14.0 Å². The molecular formula is C31H33BFNO4. The molecule has 38 heavy (non-hydrogen) atoms. The van der Waals surface area contributed by atoms with E-state index in [0.717, 1.165) is 16.7 Å². The van der Waals surface area contributed by atoms with Crippen LogP contribution in [0.5, 0.6) is 0 Å². The van der Waals surface area contributed by atoms with E-state index in [2.05, 4.69) is 29.6 Å². The first-order valence-electron chi connectivity index (χ1n) is 13.0. The van der Waals surface area contributed by atoms with E-state index in [1.165, 1.54) is 17.2 Å². The van der Waals surface area contributed by atoms with E-state index < -0.39 is 24.4 Å². The monoisotopic (exact) mass is 513 g/mol. The number of fused-ring (bicyclic) bond motifs is 3. The third-order valence-electron chi connectivity index (χ3n) is 7.87. The van der Waals surface area contributed by atoms with Gasteiger partial charge in [-0.15, -0.1) is 0 Å². The van der Waals surface area contributed by atoms with Gasteiger partial charge < -0.3 is 19.4 Å². The molecule has 0 unspecified atom stereocenters. The highest BCUT2D eigenvalue weighted by Crippen LogP contribution is 2.44. The summed E-state index contributed by atoms with van der Waals surface area (Å²) in [7, 11) is -0.667. The molecular weight excluding hydrogens is 480 g/mol. The van der Waals surface area contributed by atoms with Crippen molar-refractivity contribution < 1.29 is 23.2 Å². The van der Waals surface area contributed by atoms with E-state index >= 15 is 0 Å². The van der Waals surface area contributed by atoms with Gasteiger partial charge in [0.05, 0.1) is 11.2 Å². The largest absolute Gasteiger partial charge is 0.492 e. The van der Waals surface area contributed by atoms with Crippen molar-refractivity contribution in [2.75, 3.05) is 13.2 Å². The average molecular weight is 513 g/mol. The maximum absolute atomic E-state index is 13.8. The van der Waals surface area contributed by atoms with Gasteiger partial charge in [-0.3, -0.25) is 0 Å². The number of aryl methyl sites for hydroxylation is 1. The number of amides is 1. The van der Waals surface area contributed by atoms with Crippen molar-refractivity contribution in [3.05, 3.63) is 100 Å². The van der Waals surface area contributed by atoms with Crippen molar-refractivity contribution in [1.82, 2.24) is 5.32 Å². The number of nitrogens with one attached hydrogen (secondary N) is 1. The summed E-state index contributed by atoms with van der Waals surface area (Å²) in [6.45, 7) is 10.0. The fourth-order valence-electron chi connectivity index (χ4n) is 4.99. The predicted molar refractivity (Wildman–Crippen MR) is 148 cm³/mol. The lowest BCUT2D eigenvalue weighted by Crippen LogP contribution is -2.41. The summed E-state index contributed by atoms with van der Waals surface area (Å²) in [5.74, 6) is -0.287. The normalized spacial score (nSPS) is 17.7. The molecule has 0 spiro atoms. The quantitative estimate of drug-likeness (QED) is 0.374. The lowest BCUT2D eigenvalue weighted by molar-refractivity contribution is 0.00578. The Hall–Kier alpha value is -3.42. The van der Waals surface area contributed by atoms with Crippen molar-refractivity contribution in [3.8, 4) is 11.1 Å². The molecule has 0 bridgehead atoms. The molecule has 1 N–H and O–H groups in total. The molecule has 5 nitrogen and oxygen atoms in total. The molecule has 2 aliphatic rings. The number of hydrogen-bond acceptors (Lipinski definition) is 4. The Balaban J connectivity index is 1.30. The number of rotatable bonds is 6. The number of benzene rings is 3. The van der Waals surface area contributed by atoms with Crippen LogP contribution in [0.3, 0.4) is 0 Å². The van der Waals surface area contributed by atoms with Crippen LogP contribution >= 0.6 is 0 Å². The molecule has 0 saturated carbocycles. The smallest absolute Gasteiger partial charge is 0.449 e. The molecule has 0 aromatic heterocycles. The summed E-state index contributed by atoms with van der Waals surface area (Å²) in [6, 6.07) is 21.3. The average Bonchev–Trinajstić information content (AvgIpc) is 3.31. The summed E-state index contributed by atoms with van der Waals surface area (Å²) in [4.78, 5) is 12.9. The SMILES string of the molecule is Cc1cc(C=C(CNC(=O)OCC2c3ccccc3-c3ccccc32)B2OC(C)(C)C(C)(C)O2)ccc1F. The summed E-state index contributed by atoms with van der Waals surface area (Å²) < 4.78 is 32.1. The van der Waals surface area contributed by atoms with Gasteiger partial charge in [0, 0.05) is 12.5 Å². The van der Waals surface area contributed by atoms with Gasteiger partial charge in [-0.1, -0.05) is 60.7 Å². The Bertz CT molecular complexity index is 1340. The number of halogens is 1. The number of ether oxygens (including phenoxy) is 1. The molecule has 1 aliphatic heterocycles. The third-order valence-corrected chi connectivity index (χ3v) is 7.87. The summed E-state index contributed by atoms with van der Waals surface area (Å²) in [5, 5.41) is 2.87. The highest BCUT2D eigenvalue weighted by Gasteiger charge is 2.52. The number of alkyl carbamates (subject to hydrolysis) is 1. The second-order valence-corrected chi connectivity index (χ2v) is 11.0. The Morgan fingerprint density at radius 3 is 2.13 bits per heavy atom. The van der Waals surface area contributed by atoms with Gasteiger partial charge in [0.25, 0.3) is 0 Å². The first kappa shape index (κ1) is 26.2. The number of hydrogen-bond donors (Lipinski definition) is 1. The number of carbonyl (C=O) groups excluding carboxylic acids is 1. The van der Waals surface area contributed by atoms with Crippen LogP contribution in [-0.2, 0) is 14.0 Å². The molecule has 0 atom stereocenters. The maximum atomic E-state index is 13.8.